The van der Waals surface area contributed by atoms with Crippen molar-refractivity contribution in [2.75, 3.05) is 12.5 Å². The molecule has 0 bridgehead atoms. The van der Waals surface area contributed by atoms with Crippen molar-refractivity contribution in [1.82, 2.24) is 9.97 Å². The van der Waals surface area contributed by atoms with E-state index in [-0.39, 0.29) is 5.82 Å². The Morgan fingerprint density at radius 2 is 1.62 bits per heavy atom. The standard InChI is InChI=1S/C18H15FN4O/c1-24-17-8-4-14(5-9-17)15-11-20-18(21-12-15)23-22-10-13-2-6-16(19)7-3-13/h2-12H,1H3,(H,20,21,23)/b22-10+. The predicted octanol–water partition coefficient (Wildman–Crippen LogP) is 3.74. The van der Waals surface area contributed by atoms with Gasteiger partial charge in [-0.1, -0.05) is 24.3 Å². The molecule has 0 aliphatic rings. The van der Waals surface area contributed by atoms with Crippen molar-refractivity contribution in [3.63, 3.8) is 0 Å². The molecule has 0 spiro atoms. The molecule has 1 N–H and O–H groups in total. The fraction of sp³-hybridized carbons (Fsp3) is 0.0556. The number of hydrogen-bond acceptors (Lipinski definition) is 5. The highest BCUT2D eigenvalue weighted by Crippen LogP contribution is 2.21. The van der Waals surface area contributed by atoms with Crippen molar-refractivity contribution < 1.29 is 9.13 Å². The van der Waals surface area contributed by atoms with Gasteiger partial charge >= 0.3 is 0 Å². The molecule has 0 unspecified atom stereocenters. The molecule has 5 nitrogen and oxygen atoms in total. The van der Waals surface area contributed by atoms with Crippen LogP contribution in [0.15, 0.2) is 66.0 Å². The molecule has 0 fully saturated rings. The van der Waals surface area contributed by atoms with Crippen LogP contribution in [0.5, 0.6) is 5.75 Å². The maximum Gasteiger partial charge on any atom is 0.243 e. The van der Waals surface area contributed by atoms with Gasteiger partial charge in [0.05, 0.1) is 13.3 Å². The Bertz CT molecular complexity index is 815. The van der Waals surface area contributed by atoms with E-state index >= 15 is 0 Å². The normalized spacial score (nSPS) is 10.8. The molecule has 3 rings (SSSR count). The minimum Gasteiger partial charge on any atom is -0.497 e. The van der Waals surface area contributed by atoms with Gasteiger partial charge in [-0.05, 0) is 35.4 Å². The summed E-state index contributed by atoms with van der Waals surface area (Å²) < 4.78 is 17.9. The Morgan fingerprint density at radius 3 is 2.25 bits per heavy atom. The highest BCUT2D eigenvalue weighted by molar-refractivity contribution is 5.79. The average molecular weight is 322 g/mol. The third-order valence-electron chi connectivity index (χ3n) is 3.32. The van der Waals surface area contributed by atoms with Crippen molar-refractivity contribution in [3.8, 4) is 16.9 Å². The second kappa shape index (κ2) is 7.32. The first kappa shape index (κ1) is 15.6. The number of nitrogens with zero attached hydrogens (tertiary/aromatic N) is 3. The van der Waals surface area contributed by atoms with Gasteiger partial charge < -0.3 is 4.74 Å². The van der Waals surface area contributed by atoms with E-state index in [1.165, 1.54) is 12.1 Å². The molecule has 3 aromatic rings. The number of rotatable bonds is 5. The number of halogens is 1. The van der Waals surface area contributed by atoms with E-state index in [1.54, 1.807) is 37.9 Å². The van der Waals surface area contributed by atoms with Crippen LogP contribution in [0.3, 0.4) is 0 Å². The predicted molar refractivity (Wildman–Crippen MR) is 91.6 cm³/mol. The van der Waals surface area contributed by atoms with Gasteiger partial charge in [-0.15, -0.1) is 0 Å². The number of anilines is 1. The van der Waals surface area contributed by atoms with Crippen LogP contribution in [0, 0.1) is 5.82 Å². The molecule has 0 saturated heterocycles. The van der Waals surface area contributed by atoms with Crippen LogP contribution in [0.1, 0.15) is 5.56 Å². The van der Waals surface area contributed by atoms with Crippen molar-refractivity contribution >= 4 is 12.2 Å². The monoisotopic (exact) mass is 322 g/mol. The zero-order valence-electron chi connectivity index (χ0n) is 13.0. The third kappa shape index (κ3) is 3.92. The number of methoxy groups -OCH3 is 1. The highest BCUT2D eigenvalue weighted by atomic mass is 19.1. The number of ether oxygens (including phenoxy) is 1. The summed E-state index contributed by atoms with van der Waals surface area (Å²) >= 11 is 0. The van der Waals surface area contributed by atoms with E-state index < -0.39 is 0 Å². The Labute approximate surface area is 138 Å². The average Bonchev–Trinajstić information content (AvgIpc) is 2.64. The fourth-order valence-corrected chi connectivity index (χ4v) is 2.03. The zero-order valence-corrected chi connectivity index (χ0v) is 13.0. The molecule has 0 amide bonds. The Kier molecular flexibility index (Phi) is 4.76. The third-order valence-corrected chi connectivity index (χ3v) is 3.32. The minimum atomic E-state index is -0.280. The fourth-order valence-electron chi connectivity index (χ4n) is 2.03. The number of benzene rings is 2. The van der Waals surface area contributed by atoms with Gasteiger partial charge in [0, 0.05) is 18.0 Å². The topological polar surface area (TPSA) is 59.4 Å². The van der Waals surface area contributed by atoms with Crippen molar-refractivity contribution in [3.05, 3.63) is 72.3 Å². The van der Waals surface area contributed by atoms with Crippen LogP contribution < -0.4 is 10.2 Å². The molecule has 1 aromatic heterocycles. The molecule has 120 valence electrons. The van der Waals surface area contributed by atoms with Crippen molar-refractivity contribution in [1.29, 1.82) is 0 Å². The lowest BCUT2D eigenvalue weighted by atomic mass is 10.1. The molecule has 0 aliphatic heterocycles. The lowest BCUT2D eigenvalue weighted by Gasteiger charge is -2.04. The van der Waals surface area contributed by atoms with E-state index in [9.17, 15) is 4.39 Å². The maximum atomic E-state index is 12.8. The minimum absolute atomic E-state index is 0.280. The van der Waals surface area contributed by atoms with Gasteiger partial charge in [0.1, 0.15) is 11.6 Å². The Morgan fingerprint density at radius 1 is 0.958 bits per heavy atom. The summed E-state index contributed by atoms with van der Waals surface area (Å²) in [4.78, 5) is 8.43. The first-order chi connectivity index (χ1) is 11.7. The van der Waals surface area contributed by atoms with Gasteiger partial charge in [0.2, 0.25) is 5.95 Å². The molecule has 24 heavy (non-hydrogen) atoms. The van der Waals surface area contributed by atoms with E-state index in [1.807, 2.05) is 24.3 Å². The lowest BCUT2D eigenvalue weighted by Crippen LogP contribution is -1.96. The van der Waals surface area contributed by atoms with Gasteiger partial charge in [-0.3, -0.25) is 0 Å². The van der Waals surface area contributed by atoms with E-state index in [4.69, 9.17) is 4.74 Å². The molecular weight excluding hydrogens is 307 g/mol. The molecule has 0 atom stereocenters. The smallest absolute Gasteiger partial charge is 0.243 e. The highest BCUT2D eigenvalue weighted by Gasteiger charge is 2.00. The van der Waals surface area contributed by atoms with Crippen molar-refractivity contribution in [2.24, 2.45) is 5.10 Å². The SMILES string of the molecule is COc1ccc(-c2cnc(N/N=C/c3ccc(F)cc3)nc2)cc1. The quantitative estimate of drug-likeness (QED) is 0.574. The summed E-state index contributed by atoms with van der Waals surface area (Å²) in [7, 11) is 1.63. The number of hydrogen-bond donors (Lipinski definition) is 1. The second-order valence-corrected chi connectivity index (χ2v) is 4.95. The maximum absolute atomic E-state index is 12.8. The van der Waals surface area contributed by atoms with Gasteiger partial charge in [0.15, 0.2) is 0 Å². The first-order valence-electron chi connectivity index (χ1n) is 7.26. The summed E-state index contributed by atoms with van der Waals surface area (Å²) in [5.74, 6) is 0.899. The molecule has 6 heteroatoms. The van der Waals surface area contributed by atoms with E-state index in [2.05, 4.69) is 20.5 Å². The molecule has 0 radical (unpaired) electrons. The largest absolute Gasteiger partial charge is 0.497 e. The van der Waals surface area contributed by atoms with Crippen LogP contribution in [0.4, 0.5) is 10.3 Å². The first-order valence-corrected chi connectivity index (χ1v) is 7.26. The summed E-state index contributed by atoms with van der Waals surface area (Å²) in [6.45, 7) is 0. The number of hydrazone groups is 1. The molecule has 0 saturated carbocycles. The van der Waals surface area contributed by atoms with Gasteiger partial charge in [-0.25, -0.2) is 19.8 Å². The molecule has 0 aliphatic carbocycles. The Balaban J connectivity index is 1.64. The molecule has 1 heterocycles. The van der Waals surface area contributed by atoms with Crippen LogP contribution >= 0.6 is 0 Å². The summed E-state index contributed by atoms with van der Waals surface area (Å²) in [6.07, 6.45) is 5.00. The van der Waals surface area contributed by atoms with Crippen LogP contribution in [-0.4, -0.2) is 23.3 Å². The van der Waals surface area contributed by atoms with Crippen molar-refractivity contribution in [2.45, 2.75) is 0 Å². The number of nitrogens with one attached hydrogen (secondary N) is 1. The molecular formula is C18H15FN4O. The summed E-state index contributed by atoms with van der Waals surface area (Å²) in [5.41, 5.74) is 5.41. The van der Waals surface area contributed by atoms with E-state index in [0.29, 0.717) is 5.95 Å². The zero-order chi connectivity index (χ0) is 16.8. The van der Waals surface area contributed by atoms with Crippen LogP contribution in [0.2, 0.25) is 0 Å². The van der Waals surface area contributed by atoms with E-state index in [0.717, 1.165) is 22.4 Å². The van der Waals surface area contributed by atoms with Crippen LogP contribution in [-0.2, 0) is 0 Å². The summed E-state index contributed by atoms with van der Waals surface area (Å²) in [6, 6.07) is 13.7. The summed E-state index contributed by atoms with van der Waals surface area (Å²) in [5, 5.41) is 4.03. The van der Waals surface area contributed by atoms with Crippen LogP contribution in [0.25, 0.3) is 11.1 Å². The van der Waals surface area contributed by atoms with Gasteiger partial charge in [-0.2, -0.15) is 5.10 Å². The molecule has 2 aromatic carbocycles. The Hall–Kier alpha value is -3.28. The second-order valence-electron chi connectivity index (χ2n) is 4.95. The van der Waals surface area contributed by atoms with Gasteiger partial charge in [0.25, 0.3) is 0 Å². The number of aromatic nitrogens is 2. The lowest BCUT2D eigenvalue weighted by molar-refractivity contribution is 0.415.